The van der Waals surface area contributed by atoms with Gasteiger partial charge in [0.1, 0.15) is 0 Å². The number of aromatic nitrogens is 2. The second-order valence-corrected chi connectivity index (χ2v) is 6.26. The minimum absolute atomic E-state index is 0.0701. The van der Waals surface area contributed by atoms with Gasteiger partial charge in [-0.2, -0.15) is 17.6 Å². The third-order valence-electron chi connectivity index (χ3n) is 2.43. The Hall–Kier alpha value is -1.54. The summed E-state index contributed by atoms with van der Waals surface area (Å²) in [6.45, 7) is 0. The van der Waals surface area contributed by atoms with E-state index in [0.29, 0.717) is 16.0 Å². The zero-order valence-corrected chi connectivity index (χ0v) is 12.6. The molecule has 0 aliphatic rings. The van der Waals surface area contributed by atoms with E-state index >= 15 is 0 Å². The lowest BCUT2D eigenvalue weighted by Gasteiger charge is -2.10. The van der Waals surface area contributed by atoms with Gasteiger partial charge in [0.05, 0.1) is 36.0 Å². The van der Waals surface area contributed by atoms with Crippen LogP contribution in [0.25, 0.3) is 0 Å². The Labute approximate surface area is 119 Å². The van der Waals surface area contributed by atoms with Crippen molar-refractivity contribution in [1.82, 2.24) is 9.19 Å². The van der Waals surface area contributed by atoms with Crippen LogP contribution in [0.5, 0.6) is 11.5 Å². The van der Waals surface area contributed by atoms with Crippen LogP contribution in [0.4, 0.5) is 0 Å². The average Bonchev–Trinajstić information content (AvgIpc) is 2.85. The summed E-state index contributed by atoms with van der Waals surface area (Å²) in [5.74, 6) is 0.804. The minimum atomic E-state index is -3.74. The summed E-state index contributed by atoms with van der Waals surface area (Å²) in [4.78, 5) is 0.0701. The SMILES string of the molecule is COc1ccc(S(=O)(=O)n2cc(Br)cn2)cc1OC. The second-order valence-electron chi connectivity index (χ2n) is 3.55. The lowest BCUT2D eigenvalue weighted by molar-refractivity contribution is 0.354. The number of ether oxygens (including phenoxy) is 2. The number of methoxy groups -OCH3 is 2. The second kappa shape index (κ2) is 5.22. The number of hydrogen-bond acceptors (Lipinski definition) is 5. The first kappa shape index (κ1) is 13.9. The maximum Gasteiger partial charge on any atom is 0.283 e. The molecule has 8 heteroatoms. The maximum absolute atomic E-state index is 12.3. The fourth-order valence-corrected chi connectivity index (χ4v) is 3.06. The first-order chi connectivity index (χ1) is 8.98. The van der Waals surface area contributed by atoms with Gasteiger partial charge in [-0.1, -0.05) is 0 Å². The van der Waals surface area contributed by atoms with Gasteiger partial charge in [-0.15, -0.1) is 0 Å². The topological polar surface area (TPSA) is 70.4 Å². The zero-order chi connectivity index (χ0) is 14.0. The highest BCUT2D eigenvalue weighted by molar-refractivity contribution is 9.10. The normalized spacial score (nSPS) is 11.3. The number of halogens is 1. The molecule has 0 atom stereocenters. The predicted molar refractivity (Wildman–Crippen MR) is 72.1 cm³/mol. The Balaban J connectivity index is 2.52. The first-order valence-corrected chi connectivity index (χ1v) is 7.40. The molecular formula is C11H11BrN2O4S. The molecule has 0 amide bonds. The molecular weight excluding hydrogens is 336 g/mol. The van der Waals surface area contributed by atoms with E-state index in [1.807, 2.05) is 0 Å². The van der Waals surface area contributed by atoms with Gasteiger partial charge in [-0.05, 0) is 28.1 Å². The summed E-state index contributed by atoms with van der Waals surface area (Å²) < 4.78 is 36.2. The van der Waals surface area contributed by atoms with E-state index in [2.05, 4.69) is 21.0 Å². The third kappa shape index (κ3) is 2.59. The summed E-state index contributed by atoms with van der Waals surface area (Å²) >= 11 is 3.16. The molecule has 2 aromatic rings. The van der Waals surface area contributed by atoms with Crippen LogP contribution in [-0.2, 0) is 10.0 Å². The molecule has 0 bridgehead atoms. The highest BCUT2D eigenvalue weighted by Crippen LogP contribution is 2.30. The van der Waals surface area contributed by atoms with E-state index in [9.17, 15) is 8.42 Å². The molecule has 102 valence electrons. The number of benzene rings is 1. The molecule has 0 unspecified atom stereocenters. The quantitative estimate of drug-likeness (QED) is 0.845. The third-order valence-corrected chi connectivity index (χ3v) is 4.38. The molecule has 0 N–H and O–H groups in total. The first-order valence-electron chi connectivity index (χ1n) is 5.17. The number of rotatable bonds is 4. The number of hydrogen-bond donors (Lipinski definition) is 0. The van der Waals surface area contributed by atoms with Crippen LogP contribution in [0.1, 0.15) is 0 Å². The highest BCUT2D eigenvalue weighted by Gasteiger charge is 2.20. The van der Waals surface area contributed by atoms with Crippen molar-refractivity contribution in [2.45, 2.75) is 4.90 Å². The van der Waals surface area contributed by atoms with Gasteiger partial charge >= 0.3 is 0 Å². The van der Waals surface area contributed by atoms with E-state index in [1.165, 1.54) is 44.8 Å². The van der Waals surface area contributed by atoms with E-state index in [0.717, 1.165) is 4.09 Å². The van der Waals surface area contributed by atoms with E-state index < -0.39 is 10.0 Å². The molecule has 1 heterocycles. The highest BCUT2D eigenvalue weighted by atomic mass is 79.9. The fraction of sp³-hybridized carbons (Fsp3) is 0.182. The van der Waals surface area contributed by atoms with Crippen LogP contribution in [0.15, 0.2) is 40.0 Å². The van der Waals surface area contributed by atoms with Crippen molar-refractivity contribution in [2.24, 2.45) is 0 Å². The molecule has 0 fully saturated rings. The molecule has 0 aliphatic heterocycles. The lowest BCUT2D eigenvalue weighted by atomic mass is 10.3. The molecule has 0 saturated carbocycles. The Kier molecular flexibility index (Phi) is 3.81. The summed E-state index contributed by atoms with van der Waals surface area (Å²) in [6, 6.07) is 4.36. The van der Waals surface area contributed by atoms with Crippen LogP contribution in [0.3, 0.4) is 0 Å². The summed E-state index contributed by atoms with van der Waals surface area (Å²) in [5, 5.41) is 3.77. The molecule has 1 aromatic heterocycles. The van der Waals surface area contributed by atoms with Gasteiger partial charge in [0.25, 0.3) is 10.0 Å². The Morgan fingerprint density at radius 1 is 1.21 bits per heavy atom. The van der Waals surface area contributed by atoms with Crippen LogP contribution < -0.4 is 9.47 Å². The summed E-state index contributed by atoms with van der Waals surface area (Å²) in [7, 11) is -0.810. The van der Waals surface area contributed by atoms with E-state index in [4.69, 9.17) is 9.47 Å². The monoisotopic (exact) mass is 346 g/mol. The van der Waals surface area contributed by atoms with Gasteiger partial charge in [0, 0.05) is 6.07 Å². The van der Waals surface area contributed by atoms with E-state index in [-0.39, 0.29) is 4.90 Å². The Morgan fingerprint density at radius 3 is 2.42 bits per heavy atom. The average molecular weight is 347 g/mol. The molecule has 1 aromatic carbocycles. The van der Waals surface area contributed by atoms with Gasteiger partial charge in [0.15, 0.2) is 11.5 Å². The van der Waals surface area contributed by atoms with Gasteiger partial charge in [-0.25, -0.2) is 0 Å². The molecule has 0 spiro atoms. The summed E-state index contributed by atoms with van der Waals surface area (Å²) in [5.41, 5.74) is 0. The van der Waals surface area contributed by atoms with Crippen LogP contribution in [0, 0.1) is 0 Å². The fourth-order valence-electron chi connectivity index (χ4n) is 1.50. The van der Waals surface area contributed by atoms with Crippen LogP contribution in [-0.4, -0.2) is 31.8 Å². The molecule has 2 rings (SSSR count). The van der Waals surface area contributed by atoms with Crippen molar-refractivity contribution < 1.29 is 17.9 Å². The standard InChI is InChI=1S/C11H11BrN2O4S/c1-17-10-4-3-9(5-11(10)18-2)19(15,16)14-7-8(12)6-13-14/h3-7H,1-2H3. The Bertz CT molecular complexity index is 696. The minimum Gasteiger partial charge on any atom is -0.493 e. The largest absolute Gasteiger partial charge is 0.493 e. The van der Waals surface area contributed by atoms with Crippen molar-refractivity contribution in [3.63, 3.8) is 0 Å². The van der Waals surface area contributed by atoms with E-state index in [1.54, 1.807) is 0 Å². The van der Waals surface area contributed by atoms with Crippen molar-refractivity contribution in [3.8, 4) is 11.5 Å². The molecule has 0 saturated heterocycles. The van der Waals surface area contributed by atoms with Gasteiger partial charge in [-0.3, -0.25) is 0 Å². The molecule has 0 aliphatic carbocycles. The van der Waals surface area contributed by atoms with Crippen molar-refractivity contribution >= 4 is 26.0 Å². The molecule has 0 radical (unpaired) electrons. The molecule has 19 heavy (non-hydrogen) atoms. The predicted octanol–water partition coefficient (Wildman–Crippen LogP) is 1.90. The lowest BCUT2D eigenvalue weighted by Crippen LogP contribution is -2.13. The van der Waals surface area contributed by atoms with Gasteiger partial charge < -0.3 is 9.47 Å². The van der Waals surface area contributed by atoms with Crippen molar-refractivity contribution in [1.29, 1.82) is 0 Å². The van der Waals surface area contributed by atoms with Crippen LogP contribution in [0.2, 0.25) is 0 Å². The maximum atomic E-state index is 12.3. The van der Waals surface area contributed by atoms with Crippen molar-refractivity contribution in [3.05, 3.63) is 35.1 Å². The van der Waals surface area contributed by atoms with Crippen LogP contribution >= 0.6 is 15.9 Å². The Morgan fingerprint density at radius 2 is 1.89 bits per heavy atom. The van der Waals surface area contributed by atoms with Gasteiger partial charge in [0.2, 0.25) is 0 Å². The molecule has 6 nitrogen and oxygen atoms in total. The zero-order valence-electron chi connectivity index (χ0n) is 10.2. The number of nitrogens with zero attached hydrogens (tertiary/aromatic N) is 2. The van der Waals surface area contributed by atoms with Crippen molar-refractivity contribution in [2.75, 3.05) is 14.2 Å². The summed E-state index contributed by atoms with van der Waals surface area (Å²) in [6.07, 6.45) is 2.77. The smallest absolute Gasteiger partial charge is 0.283 e.